The molecule has 1 amide bonds. The maximum atomic E-state index is 12.7. The van der Waals surface area contributed by atoms with E-state index < -0.39 is 10.0 Å². The third kappa shape index (κ3) is 6.72. The quantitative estimate of drug-likeness (QED) is 0.431. The maximum Gasteiger partial charge on any atom is 0.251 e. The summed E-state index contributed by atoms with van der Waals surface area (Å²) in [4.78, 5) is 15.2. The topological polar surface area (TPSA) is 69.7 Å². The van der Waals surface area contributed by atoms with Gasteiger partial charge >= 0.3 is 0 Å². The van der Waals surface area contributed by atoms with Crippen LogP contribution < -0.4 is 14.5 Å². The first-order valence-electron chi connectivity index (χ1n) is 12.9. The van der Waals surface area contributed by atoms with E-state index in [2.05, 4.69) is 41.4 Å². The summed E-state index contributed by atoms with van der Waals surface area (Å²) >= 11 is 0. The smallest absolute Gasteiger partial charge is 0.251 e. The van der Waals surface area contributed by atoms with Crippen LogP contribution in [0.1, 0.15) is 52.4 Å². The van der Waals surface area contributed by atoms with Crippen LogP contribution in [0.4, 0.5) is 11.4 Å². The highest BCUT2D eigenvalue weighted by atomic mass is 32.2. The van der Waals surface area contributed by atoms with Crippen LogP contribution in [0.15, 0.2) is 66.7 Å². The van der Waals surface area contributed by atoms with Crippen LogP contribution in [0.2, 0.25) is 0 Å². The van der Waals surface area contributed by atoms with Crippen LogP contribution in [0.3, 0.4) is 0 Å². The Morgan fingerprint density at radius 1 is 0.973 bits per heavy atom. The first kappa shape index (κ1) is 26.7. The predicted molar refractivity (Wildman–Crippen MR) is 152 cm³/mol. The Labute approximate surface area is 221 Å². The van der Waals surface area contributed by atoms with Crippen LogP contribution in [0.5, 0.6) is 0 Å². The molecule has 7 heteroatoms. The molecule has 37 heavy (non-hydrogen) atoms. The van der Waals surface area contributed by atoms with E-state index in [4.69, 9.17) is 0 Å². The third-order valence-corrected chi connectivity index (χ3v) is 8.16. The van der Waals surface area contributed by atoms with Crippen molar-refractivity contribution in [2.24, 2.45) is 5.92 Å². The van der Waals surface area contributed by atoms with E-state index in [1.165, 1.54) is 29.1 Å². The molecule has 196 valence electrons. The molecule has 1 saturated heterocycles. The van der Waals surface area contributed by atoms with E-state index in [-0.39, 0.29) is 12.5 Å². The Morgan fingerprint density at radius 3 is 2.19 bits per heavy atom. The van der Waals surface area contributed by atoms with Gasteiger partial charge in [-0.25, -0.2) is 8.42 Å². The van der Waals surface area contributed by atoms with Gasteiger partial charge in [0.25, 0.3) is 5.91 Å². The molecule has 0 saturated carbocycles. The summed E-state index contributed by atoms with van der Waals surface area (Å²) in [5.41, 5.74) is 6.15. The largest absolute Gasteiger partial charge is 0.371 e. The van der Waals surface area contributed by atoms with Crippen molar-refractivity contribution < 1.29 is 13.2 Å². The zero-order valence-corrected chi connectivity index (χ0v) is 23.0. The highest BCUT2D eigenvalue weighted by molar-refractivity contribution is 7.92. The molecule has 0 unspecified atom stereocenters. The Morgan fingerprint density at radius 2 is 1.59 bits per heavy atom. The Bertz CT molecular complexity index is 1320. The highest BCUT2D eigenvalue weighted by Gasteiger charge is 2.21. The summed E-state index contributed by atoms with van der Waals surface area (Å²) in [6, 6.07) is 21.3. The second-order valence-corrected chi connectivity index (χ2v) is 12.2. The molecular weight excluding hydrogens is 482 g/mol. The van der Waals surface area contributed by atoms with Crippen molar-refractivity contribution in [3.8, 4) is 0 Å². The van der Waals surface area contributed by atoms with Gasteiger partial charge in [0.2, 0.25) is 10.0 Å². The average molecular weight is 520 g/mol. The fourth-order valence-corrected chi connectivity index (χ4v) is 6.02. The molecule has 0 radical (unpaired) electrons. The van der Waals surface area contributed by atoms with E-state index in [0.29, 0.717) is 17.8 Å². The number of anilines is 2. The lowest BCUT2D eigenvalue weighted by Gasteiger charge is -2.32. The van der Waals surface area contributed by atoms with Crippen molar-refractivity contribution in [1.82, 2.24) is 5.32 Å². The summed E-state index contributed by atoms with van der Waals surface area (Å²) in [5.74, 6) is 0.565. The Balaban J connectivity index is 1.38. The molecule has 3 aromatic carbocycles. The van der Waals surface area contributed by atoms with Gasteiger partial charge in [-0.05, 0) is 79.1 Å². The van der Waals surface area contributed by atoms with E-state index in [1.807, 2.05) is 44.2 Å². The lowest BCUT2D eigenvalue weighted by atomic mass is 9.99. The van der Waals surface area contributed by atoms with Crippen LogP contribution in [-0.2, 0) is 23.1 Å². The second-order valence-electron chi connectivity index (χ2n) is 10.2. The van der Waals surface area contributed by atoms with Gasteiger partial charge in [-0.2, -0.15) is 0 Å². The number of piperidine rings is 1. The summed E-state index contributed by atoms with van der Waals surface area (Å²) in [6.45, 7) is 8.97. The molecule has 0 aliphatic carbocycles. The van der Waals surface area contributed by atoms with Gasteiger partial charge in [0, 0.05) is 30.9 Å². The minimum atomic E-state index is -3.49. The van der Waals surface area contributed by atoms with Crippen molar-refractivity contribution >= 4 is 27.3 Å². The molecule has 6 nitrogen and oxygen atoms in total. The SMILES string of the molecule is Cc1cccc(C)c1N(Cc1ccc(C(=O)NCc2ccc(N3CCC[C@@H](C)C3)cc2)cc1)S(C)(=O)=O. The lowest BCUT2D eigenvalue weighted by molar-refractivity contribution is 0.0951. The van der Waals surface area contributed by atoms with Crippen molar-refractivity contribution in [3.05, 3.63) is 94.5 Å². The van der Waals surface area contributed by atoms with Gasteiger partial charge in [-0.15, -0.1) is 0 Å². The number of carbonyl (C=O) groups excluding carboxylic acids is 1. The molecule has 0 aromatic heterocycles. The first-order chi connectivity index (χ1) is 17.6. The molecule has 1 heterocycles. The summed E-state index contributed by atoms with van der Waals surface area (Å²) in [5, 5.41) is 2.99. The number of nitrogens with one attached hydrogen (secondary N) is 1. The molecule has 4 rings (SSSR count). The second kappa shape index (κ2) is 11.4. The fraction of sp³-hybridized carbons (Fsp3) is 0.367. The number of benzene rings is 3. The molecule has 0 bridgehead atoms. The van der Waals surface area contributed by atoms with Gasteiger partial charge in [0.05, 0.1) is 18.5 Å². The number of para-hydroxylation sites is 1. The van der Waals surface area contributed by atoms with Gasteiger partial charge < -0.3 is 10.2 Å². The van der Waals surface area contributed by atoms with Crippen molar-refractivity contribution in [2.45, 2.75) is 46.7 Å². The average Bonchev–Trinajstić information content (AvgIpc) is 2.86. The van der Waals surface area contributed by atoms with Gasteiger partial charge in [0.15, 0.2) is 0 Å². The van der Waals surface area contributed by atoms with E-state index in [1.54, 1.807) is 12.1 Å². The highest BCUT2D eigenvalue weighted by Crippen LogP contribution is 2.28. The summed E-state index contributed by atoms with van der Waals surface area (Å²) in [7, 11) is -3.49. The van der Waals surface area contributed by atoms with Crippen molar-refractivity contribution in [2.75, 3.05) is 28.6 Å². The molecule has 1 N–H and O–H groups in total. The molecule has 0 spiro atoms. The molecule has 1 aliphatic heterocycles. The molecule has 1 aliphatic rings. The fourth-order valence-electron chi connectivity index (χ4n) is 5.02. The van der Waals surface area contributed by atoms with Crippen LogP contribution in [0.25, 0.3) is 0 Å². The number of rotatable bonds is 8. The Kier molecular flexibility index (Phi) is 8.22. The van der Waals surface area contributed by atoms with Crippen LogP contribution >= 0.6 is 0 Å². The van der Waals surface area contributed by atoms with E-state index in [9.17, 15) is 13.2 Å². The minimum Gasteiger partial charge on any atom is -0.371 e. The van der Waals surface area contributed by atoms with Crippen molar-refractivity contribution in [3.63, 3.8) is 0 Å². The number of hydrogen-bond acceptors (Lipinski definition) is 4. The van der Waals surface area contributed by atoms with E-state index >= 15 is 0 Å². The monoisotopic (exact) mass is 519 g/mol. The zero-order valence-electron chi connectivity index (χ0n) is 22.2. The predicted octanol–water partition coefficient (Wildman–Crippen LogP) is 5.44. The maximum absolute atomic E-state index is 12.7. The molecule has 1 atom stereocenters. The van der Waals surface area contributed by atoms with Gasteiger partial charge in [0.1, 0.15) is 0 Å². The Hall–Kier alpha value is -3.32. The standard InChI is InChI=1S/C30H37N3O3S/c1-22-7-6-18-32(20-22)28-16-12-25(13-17-28)19-31-30(34)27-14-10-26(11-15-27)21-33(37(4,35)36)29-23(2)8-5-9-24(29)3/h5,8-17,22H,6-7,18-21H2,1-4H3,(H,31,34)/t22-/m1/s1. The molecular formula is C30H37N3O3S. The number of nitrogens with zero attached hydrogens (tertiary/aromatic N) is 2. The summed E-state index contributed by atoms with van der Waals surface area (Å²) < 4.78 is 26.7. The normalized spacial score (nSPS) is 15.9. The van der Waals surface area contributed by atoms with Crippen LogP contribution in [-0.4, -0.2) is 33.7 Å². The van der Waals surface area contributed by atoms with E-state index in [0.717, 1.165) is 41.3 Å². The van der Waals surface area contributed by atoms with Crippen molar-refractivity contribution in [1.29, 1.82) is 0 Å². The number of carbonyl (C=O) groups is 1. The number of sulfonamides is 1. The lowest BCUT2D eigenvalue weighted by Crippen LogP contribution is -2.34. The van der Waals surface area contributed by atoms with Gasteiger partial charge in [-0.3, -0.25) is 9.10 Å². The number of hydrogen-bond donors (Lipinski definition) is 1. The van der Waals surface area contributed by atoms with Crippen LogP contribution in [0, 0.1) is 19.8 Å². The van der Waals surface area contributed by atoms with Gasteiger partial charge in [-0.1, -0.05) is 49.4 Å². The molecule has 3 aromatic rings. The third-order valence-electron chi connectivity index (χ3n) is 7.04. The first-order valence-corrected chi connectivity index (χ1v) is 14.7. The molecule has 1 fully saturated rings. The number of amides is 1. The number of aryl methyl sites for hydroxylation is 2. The minimum absolute atomic E-state index is 0.157. The summed E-state index contributed by atoms with van der Waals surface area (Å²) in [6.07, 6.45) is 3.75. The zero-order chi connectivity index (χ0) is 26.6.